The number of carbonyl (C=O) groups is 1. The van der Waals surface area contributed by atoms with Gasteiger partial charge in [0.25, 0.3) is 0 Å². The van der Waals surface area contributed by atoms with Crippen molar-refractivity contribution in [2.24, 2.45) is 0 Å². The van der Waals surface area contributed by atoms with Gasteiger partial charge in [0.1, 0.15) is 0 Å². The van der Waals surface area contributed by atoms with Gasteiger partial charge in [-0.1, -0.05) is 54.5 Å². The van der Waals surface area contributed by atoms with Gasteiger partial charge in [0, 0.05) is 24.1 Å². The number of amides is 1. The molecule has 0 aliphatic rings. The van der Waals surface area contributed by atoms with Crippen LogP contribution in [0.25, 0.3) is 11.4 Å². The first-order chi connectivity index (χ1) is 12.2. The highest BCUT2D eigenvalue weighted by Gasteiger charge is 2.12. The zero-order valence-electron chi connectivity index (χ0n) is 14.5. The minimum Gasteiger partial charge on any atom is -0.339 e. The average molecular weight is 335 g/mol. The summed E-state index contributed by atoms with van der Waals surface area (Å²) in [5.74, 6) is 0.971. The van der Waals surface area contributed by atoms with Crippen molar-refractivity contribution in [1.82, 2.24) is 10.1 Å². The van der Waals surface area contributed by atoms with E-state index < -0.39 is 0 Å². The van der Waals surface area contributed by atoms with Crippen LogP contribution in [-0.4, -0.2) is 16.0 Å². The van der Waals surface area contributed by atoms with Crippen molar-refractivity contribution in [1.29, 1.82) is 0 Å². The van der Waals surface area contributed by atoms with Crippen molar-refractivity contribution in [2.45, 2.75) is 33.1 Å². The molecule has 0 spiro atoms. The van der Waals surface area contributed by atoms with Gasteiger partial charge < -0.3 is 9.84 Å². The van der Waals surface area contributed by atoms with Gasteiger partial charge in [-0.2, -0.15) is 4.98 Å². The monoisotopic (exact) mass is 335 g/mol. The molecule has 0 saturated carbocycles. The molecule has 0 radical (unpaired) electrons. The lowest BCUT2D eigenvalue weighted by molar-refractivity contribution is -0.116. The van der Waals surface area contributed by atoms with Crippen LogP contribution in [0.1, 0.15) is 30.4 Å². The van der Waals surface area contributed by atoms with Crippen LogP contribution in [0, 0.1) is 6.92 Å². The Labute approximate surface area is 147 Å². The third-order valence-electron chi connectivity index (χ3n) is 4.09. The largest absolute Gasteiger partial charge is 0.339 e. The maximum absolute atomic E-state index is 12.2. The van der Waals surface area contributed by atoms with Crippen LogP contribution in [0.2, 0.25) is 0 Å². The Balaban J connectivity index is 1.61. The molecule has 5 nitrogen and oxygen atoms in total. The highest BCUT2D eigenvalue weighted by Crippen LogP contribution is 2.20. The van der Waals surface area contributed by atoms with Gasteiger partial charge in [0.2, 0.25) is 17.6 Å². The summed E-state index contributed by atoms with van der Waals surface area (Å²) in [4.78, 5) is 16.6. The van der Waals surface area contributed by atoms with Gasteiger partial charge in [0.05, 0.1) is 0 Å². The first-order valence-corrected chi connectivity index (χ1v) is 8.43. The van der Waals surface area contributed by atoms with Crippen LogP contribution in [0.5, 0.6) is 0 Å². The average Bonchev–Trinajstić information content (AvgIpc) is 3.09. The second-order valence-corrected chi connectivity index (χ2v) is 5.89. The number of carbonyl (C=O) groups excluding carboxylic acids is 1. The van der Waals surface area contributed by atoms with Gasteiger partial charge in [-0.3, -0.25) is 4.79 Å². The summed E-state index contributed by atoms with van der Waals surface area (Å²) >= 11 is 0. The molecule has 1 aromatic heterocycles. The topological polar surface area (TPSA) is 68.0 Å². The lowest BCUT2D eigenvalue weighted by atomic mass is 10.1. The second kappa shape index (κ2) is 7.75. The molecule has 0 aliphatic carbocycles. The Kier molecular flexibility index (Phi) is 5.23. The SMILES string of the molecule is CCc1ccccc1NC(=O)CCc1nc(-c2ccccc2C)no1. The second-order valence-electron chi connectivity index (χ2n) is 5.89. The van der Waals surface area contributed by atoms with Crippen molar-refractivity contribution < 1.29 is 9.32 Å². The van der Waals surface area contributed by atoms with Gasteiger partial charge in [0.15, 0.2) is 0 Å². The fourth-order valence-corrected chi connectivity index (χ4v) is 2.67. The van der Waals surface area contributed by atoms with Crippen molar-refractivity contribution >= 4 is 11.6 Å². The van der Waals surface area contributed by atoms with Gasteiger partial charge >= 0.3 is 0 Å². The van der Waals surface area contributed by atoms with Crippen LogP contribution in [0.4, 0.5) is 5.69 Å². The van der Waals surface area contributed by atoms with Crippen LogP contribution < -0.4 is 5.32 Å². The van der Waals surface area contributed by atoms with E-state index in [-0.39, 0.29) is 5.91 Å². The molecule has 0 saturated heterocycles. The summed E-state index contributed by atoms with van der Waals surface area (Å²) in [6.07, 6.45) is 1.59. The molecule has 1 N–H and O–H groups in total. The van der Waals surface area contributed by atoms with E-state index in [2.05, 4.69) is 22.4 Å². The molecule has 0 unspecified atom stereocenters. The highest BCUT2D eigenvalue weighted by molar-refractivity contribution is 5.91. The van der Waals surface area contributed by atoms with Crippen LogP contribution in [-0.2, 0) is 17.6 Å². The number of nitrogens with one attached hydrogen (secondary N) is 1. The third-order valence-corrected chi connectivity index (χ3v) is 4.09. The summed E-state index contributed by atoms with van der Waals surface area (Å²) in [6, 6.07) is 15.7. The molecule has 3 rings (SSSR count). The molecule has 0 aliphatic heterocycles. The normalized spacial score (nSPS) is 10.6. The number of hydrogen-bond donors (Lipinski definition) is 1. The number of anilines is 1. The number of aryl methyl sites for hydroxylation is 3. The number of hydrogen-bond acceptors (Lipinski definition) is 4. The molecule has 128 valence electrons. The lowest BCUT2D eigenvalue weighted by Gasteiger charge is -2.08. The van der Waals surface area contributed by atoms with Crippen LogP contribution in [0.3, 0.4) is 0 Å². The van der Waals surface area contributed by atoms with E-state index in [1.165, 1.54) is 0 Å². The molecular formula is C20H21N3O2. The zero-order chi connectivity index (χ0) is 17.6. The highest BCUT2D eigenvalue weighted by atomic mass is 16.5. The summed E-state index contributed by atoms with van der Waals surface area (Å²) < 4.78 is 5.28. The first kappa shape index (κ1) is 16.9. The minimum atomic E-state index is -0.0588. The number of nitrogens with zero attached hydrogens (tertiary/aromatic N) is 2. The van der Waals surface area contributed by atoms with Crippen LogP contribution in [0.15, 0.2) is 53.1 Å². The minimum absolute atomic E-state index is 0.0588. The Morgan fingerprint density at radius 2 is 1.88 bits per heavy atom. The van der Waals surface area contributed by atoms with Crippen molar-refractivity contribution in [3.63, 3.8) is 0 Å². The molecule has 1 heterocycles. The van der Waals surface area contributed by atoms with E-state index in [1.54, 1.807) is 0 Å². The third kappa shape index (κ3) is 4.12. The maximum Gasteiger partial charge on any atom is 0.227 e. The standard InChI is InChI=1S/C20H21N3O2/c1-3-15-9-5-7-11-17(15)21-18(24)12-13-19-22-20(23-25-19)16-10-6-4-8-14(16)2/h4-11H,3,12-13H2,1-2H3,(H,21,24). The smallest absolute Gasteiger partial charge is 0.227 e. The van der Waals surface area contributed by atoms with E-state index >= 15 is 0 Å². The lowest BCUT2D eigenvalue weighted by Crippen LogP contribution is -2.13. The van der Waals surface area contributed by atoms with E-state index in [1.807, 2.05) is 55.5 Å². The van der Waals surface area contributed by atoms with Crippen molar-refractivity contribution in [3.8, 4) is 11.4 Å². The van der Waals surface area contributed by atoms with E-state index in [9.17, 15) is 4.79 Å². The molecule has 3 aromatic rings. The number of para-hydroxylation sites is 1. The fraction of sp³-hybridized carbons (Fsp3) is 0.250. The summed E-state index contributed by atoms with van der Waals surface area (Å²) in [5.41, 5.74) is 4.01. The fourth-order valence-electron chi connectivity index (χ4n) is 2.67. The van der Waals surface area contributed by atoms with Crippen LogP contribution >= 0.6 is 0 Å². The summed E-state index contributed by atoms with van der Waals surface area (Å²) in [5, 5.41) is 6.97. The Morgan fingerprint density at radius 3 is 2.68 bits per heavy atom. The summed E-state index contributed by atoms with van der Waals surface area (Å²) in [6.45, 7) is 4.07. The molecular weight excluding hydrogens is 314 g/mol. The zero-order valence-corrected chi connectivity index (χ0v) is 14.5. The first-order valence-electron chi connectivity index (χ1n) is 8.43. The quantitative estimate of drug-likeness (QED) is 0.734. The Bertz CT molecular complexity index is 871. The summed E-state index contributed by atoms with van der Waals surface area (Å²) in [7, 11) is 0. The van der Waals surface area contributed by atoms with Gasteiger partial charge in [-0.05, 0) is 30.5 Å². The van der Waals surface area contributed by atoms with Crippen molar-refractivity contribution in [2.75, 3.05) is 5.32 Å². The van der Waals surface area contributed by atoms with E-state index in [0.717, 1.165) is 28.8 Å². The molecule has 0 atom stereocenters. The Morgan fingerprint density at radius 1 is 1.12 bits per heavy atom. The molecule has 0 bridgehead atoms. The Hall–Kier alpha value is -2.95. The molecule has 2 aromatic carbocycles. The molecule has 25 heavy (non-hydrogen) atoms. The predicted molar refractivity (Wildman–Crippen MR) is 97.2 cm³/mol. The molecule has 1 amide bonds. The van der Waals surface area contributed by atoms with Gasteiger partial charge in [-0.25, -0.2) is 0 Å². The molecule has 5 heteroatoms. The van der Waals surface area contributed by atoms with Crippen molar-refractivity contribution in [3.05, 3.63) is 65.5 Å². The van der Waals surface area contributed by atoms with E-state index in [4.69, 9.17) is 4.52 Å². The predicted octanol–water partition coefficient (Wildman–Crippen LogP) is 4.18. The van der Waals surface area contributed by atoms with E-state index in [0.29, 0.717) is 24.6 Å². The number of benzene rings is 2. The molecule has 0 fully saturated rings. The van der Waals surface area contributed by atoms with Gasteiger partial charge in [-0.15, -0.1) is 0 Å². The maximum atomic E-state index is 12.2. The number of rotatable bonds is 6. The number of aromatic nitrogens is 2.